The van der Waals surface area contributed by atoms with E-state index in [0.29, 0.717) is 22.5 Å². The van der Waals surface area contributed by atoms with E-state index in [0.717, 1.165) is 30.0 Å². The number of ether oxygens (including phenoxy) is 1. The van der Waals surface area contributed by atoms with Crippen molar-refractivity contribution in [2.75, 3.05) is 24.6 Å². The quantitative estimate of drug-likeness (QED) is 0.507. The molecular weight excluding hydrogens is 417 g/mol. The molecule has 1 N–H and O–H groups in total. The van der Waals surface area contributed by atoms with Crippen molar-refractivity contribution < 1.29 is 14.2 Å². The molecule has 2 aliphatic rings. The molecule has 5 nitrogen and oxygen atoms in total. The lowest BCUT2D eigenvalue weighted by molar-refractivity contribution is 0.273. The van der Waals surface area contributed by atoms with Gasteiger partial charge in [0.05, 0.1) is 6.20 Å². The second-order valence-electron chi connectivity index (χ2n) is 9.50. The van der Waals surface area contributed by atoms with Crippen LogP contribution in [0.2, 0.25) is 0 Å². The number of aliphatic hydroxyl groups is 1. The maximum atomic E-state index is 14.3. The summed E-state index contributed by atoms with van der Waals surface area (Å²) in [6.45, 7) is 3.91. The van der Waals surface area contributed by atoms with Crippen molar-refractivity contribution in [3.05, 3.63) is 66.4 Å². The fraction of sp³-hybridized carbons (Fsp3) is 0.407. The van der Waals surface area contributed by atoms with Crippen molar-refractivity contribution in [1.29, 1.82) is 0 Å². The van der Waals surface area contributed by atoms with Crippen LogP contribution in [0.15, 0.2) is 55.0 Å². The van der Waals surface area contributed by atoms with Gasteiger partial charge in [0.1, 0.15) is 17.9 Å². The molecule has 5 rings (SSSR count). The van der Waals surface area contributed by atoms with Gasteiger partial charge in [-0.2, -0.15) is 0 Å². The zero-order valence-corrected chi connectivity index (χ0v) is 19.0. The number of aromatic nitrogens is 2. The summed E-state index contributed by atoms with van der Waals surface area (Å²) in [4.78, 5) is 11.1. The number of nitrogens with zero attached hydrogens (tertiary/aromatic N) is 3. The topological polar surface area (TPSA) is 58.5 Å². The van der Waals surface area contributed by atoms with Gasteiger partial charge < -0.3 is 14.7 Å². The van der Waals surface area contributed by atoms with Crippen LogP contribution in [0, 0.1) is 11.2 Å². The van der Waals surface area contributed by atoms with E-state index >= 15 is 0 Å². The normalized spacial score (nSPS) is 18.1. The van der Waals surface area contributed by atoms with Gasteiger partial charge in [-0.1, -0.05) is 44.0 Å². The zero-order valence-electron chi connectivity index (χ0n) is 19.0. The van der Waals surface area contributed by atoms with Gasteiger partial charge in [0.2, 0.25) is 0 Å². The molecular formula is C27H30FN3O2. The van der Waals surface area contributed by atoms with E-state index in [9.17, 15) is 9.50 Å². The number of hydrogen-bond acceptors (Lipinski definition) is 5. The third-order valence-electron chi connectivity index (χ3n) is 7.28. The molecule has 172 valence electrons. The predicted molar refractivity (Wildman–Crippen MR) is 127 cm³/mol. The molecule has 2 heterocycles. The second-order valence-corrected chi connectivity index (χ2v) is 9.50. The van der Waals surface area contributed by atoms with E-state index in [-0.39, 0.29) is 18.3 Å². The third-order valence-corrected chi connectivity index (χ3v) is 7.28. The Morgan fingerprint density at radius 1 is 1.09 bits per heavy atom. The minimum Gasteiger partial charge on any atom is -0.451 e. The molecule has 1 aliphatic heterocycles. The Morgan fingerprint density at radius 2 is 1.91 bits per heavy atom. The Kier molecular flexibility index (Phi) is 6.02. The summed E-state index contributed by atoms with van der Waals surface area (Å²) in [5.41, 5.74) is 2.85. The van der Waals surface area contributed by atoms with Crippen molar-refractivity contribution in [2.24, 2.45) is 5.41 Å². The van der Waals surface area contributed by atoms with Gasteiger partial charge in [0, 0.05) is 31.2 Å². The summed E-state index contributed by atoms with van der Waals surface area (Å²) in [5.74, 6) is 1.49. The Balaban J connectivity index is 1.50. The first kappa shape index (κ1) is 21.8. The molecule has 0 radical (unpaired) electrons. The third kappa shape index (κ3) is 4.32. The highest BCUT2D eigenvalue weighted by atomic mass is 19.1. The average Bonchev–Trinajstić information content (AvgIpc) is 3.49. The summed E-state index contributed by atoms with van der Waals surface area (Å²) >= 11 is 0. The molecule has 1 aliphatic carbocycles. The molecule has 1 unspecified atom stereocenters. The molecule has 1 atom stereocenters. The lowest BCUT2D eigenvalue weighted by Crippen LogP contribution is -2.25. The van der Waals surface area contributed by atoms with Crippen molar-refractivity contribution in [3.63, 3.8) is 0 Å². The fourth-order valence-corrected chi connectivity index (χ4v) is 5.46. The number of anilines is 1. The second kappa shape index (κ2) is 9.10. The highest BCUT2D eigenvalue weighted by Gasteiger charge is 2.41. The number of benzene rings is 2. The Labute approximate surface area is 194 Å². The molecule has 2 aromatic carbocycles. The largest absolute Gasteiger partial charge is 0.451 e. The minimum absolute atomic E-state index is 0.00982. The van der Waals surface area contributed by atoms with Crippen molar-refractivity contribution >= 4 is 5.82 Å². The number of rotatable bonds is 6. The lowest BCUT2D eigenvalue weighted by atomic mass is 9.86. The molecule has 2 fully saturated rings. The number of halogens is 1. The van der Waals surface area contributed by atoms with Gasteiger partial charge in [-0.3, -0.25) is 0 Å². The molecule has 1 spiro atoms. The Hall–Kier alpha value is -2.99. The van der Waals surface area contributed by atoms with E-state index in [4.69, 9.17) is 4.74 Å². The first-order valence-electron chi connectivity index (χ1n) is 11.8. The number of hydrogen-bond donors (Lipinski definition) is 1. The van der Waals surface area contributed by atoms with Gasteiger partial charge in [0.25, 0.3) is 0 Å². The van der Waals surface area contributed by atoms with E-state index in [1.807, 2.05) is 31.2 Å². The van der Waals surface area contributed by atoms with Crippen LogP contribution in [0.5, 0.6) is 11.5 Å². The van der Waals surface area contributed by atoms with Crippen LogP contribution < -0.4 is 9.64 Å². The molecule has 1 aromatic heterocycles. The van der Waals surface area contributed by atoms with Crippen molar-refractivity contribution in [1.82, 2.24) is 9.97 Å². The summed E-state index contributed by atoms with van der Waals surface area (Å²) in [6.07, 6.45) is 9.63. The van der Waals surface area contributed by atoms with Crippen LogP contribution in [0.25, 0.3) is 11.1 Å². The SMILES string of the molecule is CC(CO)c1ccccc1-c1cc(F)ccc1Oc1cncnc1N1CCC2(CCCC2)C1. The molecule has 3 aromatic rings. The molecule has 1 saturated heterocycles. The maximum absolute atomic E-state index is 14.3. The zero-order chi connectivity index (χ0) is 22.8. The van der Waals surface area contributed by atoms with Gasteiger partial charge in [-0.15, -0.1) is 0 Å². The van der Waals surface area contributed by atoms with Gasteiger partial charge in [-0.05, 0) is 54.0 Å². The van der Waals surface area contributed by atoms with Gasteiger partial charge in [-0.25, -0.2) is 14.4 Å². The fourth-order valence-electron chi connectivity index (χ4n) is 5.46. The van der Waals surface area contributed by atoms with E-state index < -0.39 is 0 Å². The highest BCUT2D eigenvalue weighted by molar-refractivity contribution is 5.75. The lowest BCUT2D eigenvalue weighted by Gasteiger charge is -2.25. The van der Waals surface area contributed by atoms with Crippen LogP contribution in [-0.4, -0.2) is 34.8 Å². The van der Waals surface area contributed by atoms with Crippen molar-refractivity contribution in [2.45, 2.75) is 44.9 Å². The van der Waals surface area contributed by atoms with Crippen molar-refractivity contribution in [3.8, 4) is 22.6 Å². The molecule has 0 bridgehead atoms. The van der Waals surface area contributed by atoms with Crippen LogP contribution in [0.3, 0.4) is 0 Å². The first-order valence-corrected chi connectivity index (χ1v) is 11.8. The Morgan fingerprint density at radius 3 is 2.73 bits per heavy atom. The molecule has 0 amide bonds. The van der Waals surface area contributed by atoms with Crippen LogP contribution in [-0.2, 0) is 0 Å². The molecule has 6 heteroatoms. The monoisotopic (exact) mass is 447 g/mol. The van der Waals surface area contributed by atoms with Crippen LogP contribution in [0.4, 0.5) is 10.2 Å². The molecule has 1 saturated carbocycles. The number of aliphatic hydroxyl groups excluding tert-OH is 1. The first-order chi connectivity index (χ1) is 16.1. The summed E-state index contributed by atoms with van der Waals surface area (Å²) in [5, 5.41) is 9.74. The van der Waals surface area contributed by atoms with Gasteiger partial charge >= 0.3 is 0 Å². The van der Waals surface area contributed by atoms with Crippen LogP contribution in [0.1, 0.15) is 50.5 Å². The maximum Gasteiger partial charge on any atom is 0.188 e. The summed E-state index contributed by atoms with van der Waals surface area (Å²) < 4.78 is 20.7. The summed E-state index contributed by atoms with van der Waals surface area (Å²) in [6, 6.07) is 12.3. The molecule has 33 heavy (non-hydrogen) atoms. The minimum atomic E-state index is -0.337. The van der Waals surface area contributed by atoms with E-state index in [1.165, 1.54) is 44.2 Å². The van der Waals surface area contributed by atoms with Gasteiger partial charge in [0.15, 0.2) is 11.6 Å². The predicted octanol–water partition coefficient (Wildman–Crippen LogP) is 5.94. The van der Waals surface area contributed by atoms with Crippen LogP contribution >= 0.6 is 0 Å². The highest BCUT2D eigenvalue weighted by Crippen LogP contribution is 2.47. The standard InChI is InChI=1S/C27H30FN3O2/c1-19(16-32)21-6-2-3-7-22(21)23-14-20(28)8-9-24(23)33-25-15-29-18-30-26(25)31-13-12-27(17-31)10-4-5-11-27/h2-3,6-9,14-15,18-19,32H,4-5,10-13,16-17H2,1H3. The summed E-state index contributed by atoms with van der Waals surface area (Å²) in [7, 11) is 0. The van der Waals surface area contributed by atoms with E-state index in [1.54, 1.807) is 18.6 Å². The Bertz CT molecular complexity index is 1130. The smallest absolute Gasteiger partial charge is 0.188 e. The average molecular weight is 448 g/mol. The van der Waals surface area contributed by atoms with E-state index in [2.05, 4.69) is 14.9 Å².